The first-order chi connectivity index (χ1) is 6.17. The Hall–Kier alpha value is -0.240. The third-order valence-corrected chi connectivity index (χ3v) is 2.59. The normalized spacial score (nSPS) is 16.1. The highest BCUT2D eigenvalue weighted by molar-refractivity contribution is 7.97. The zero-order chi connectivity index (χ0) is 10.3. The fraction of sp³-hybridized carbons (Fsp3) is 0.727. The van der Waals surface area contributed by atoms with E-state index in [1.807, 2.05) is 6.26 Å². The Morgan fingerprint density at radius 2 is 2.15 bits per heavy atom. The van der Waals surface area contributed by atoms with Gasteiger partial charge in [0, 0.05) is 6.26 Å². The molecule has 0 rings (SSSR count). The molecule has 0 spiro atoms. The van der Waals surface area contributed by atoms with E-state index in [0.29, 0.717) is 5.92 Å². The molecule has 0 aromatic carbocycles. The number of nitrogens with zero attached hydrogens (tertiary/aromatic N) is 1. The lowest BCUT2D eigenvalue weighted by Crippen LogP contribution is -2.11. The minimum absolute atomic E-state index is 0.591. The largest absolute Gasteiger partial charge is 0.221 e. The second-order valence-corrected chi connectivity index (χ2v) is 3.87. The first-order valence-corrected chi connectivity index (χ1v) is 6.09. The Labute approximate surface area is 86.9 Å². The van der Waals surface area contributed by atoms with Gasteiger partial charge in [-0.25, -0.2) is 4.40 Å². The van der Waals surface area contributed by atoms with Crippen molar-refractivity contribution in [1.82, 2.24) is 0 Å². The van der Waals surface area contributed by atoms with Gasteiger partial charge in [-0.1, -0.05) is 26.3 Å². The Kier molecular flexibility index (Phi) is 7.06. The molecule has 0 aliphatic carbocycles. The van der Waals surface area contributed by atoms with Crippen molar-refractivity contribution in [2.75, 3.05) is 6.26 Å². The van der Waals surface area contributed by atoms with Gasteiger partial charge in [0.15, 0.2) is 0 Å². The van der Waals surface area contributed by atoms with E-state index in [-0.39, 0.29) is 0 Å². The van der Waals surface area contributed by atoms with Gasteiger partial charge in [0.2, 0.25) is 0 Å². The lowest BCUT2D eigenvalue weighted by molar-refractivity contribution is 0.667. The van der Waals surface area contributed by atoms with Crippen LogP contribution in [-0.4, -0.2) is 12.0 Å². The summed E-state index contributed by atoms with van der Waals surface area (Å²) in [5.74, 6) is 0.591. The van der Waals surface area contributed by atoms with E-state index < -0.39 is 0 Å². The van der Waals surface area contributed by atoms with Gasteiger partial charge < -0.3 is 0 Å². The van der Waals surface area contributed by atoms with Crippen LogP contribution in [0.1, 0.15) is 40.5 Å². The van der Waals surface area contributed by atoms with Crippen LogP contribution in [0.3, 0.4) is 0 Å². The lowest BCUT2D eigenvalue weighted by atomic mass is 9.95. The summed E-state index contributed by atoms with van der Waals surface area (Å²) in [6.45, 7) is 8.69. The Morgan fingerprint density at radius 3 is 2.54 bits per heavy atom. The molecule has 1 atom stereocenters. The molecule has 1 unspecified atom stereocenters. The molecule has 0 aliphatic heterocycles. The number of hydrogen-bond donors (Lipinski definition) is 0. The van der Waals surface area contributed by atoms with E-state index in [2.05, 4.69) is 38.2 Å². The molecule has 0 aromatic heterocycles. The van der Waals surface area contributed by atoms with Gasteiger partial charge in [-0.3, -0.25) is 0 Å². The van der Waals surface area contributed by atoms with E-state index >= 15 is 0 Å². The molecule has 0 amide bonds. The molecule has 0 N–H and O–H groups in total. The average Bonchev–Trinajstić information content (AvgIpc) is 2.13. The molecule has 0 saturated carbocycles. The zero-order valence-electron chi connectivity index (χ0n) is 9.42. The molecule has 0 aromatic rings. The Morgan fingerprint density at radius 1 is 1.54 bits per heavy atom. The first-order valence-electron chi connectivity index (χ1n) is 4.91. The van der Waals surface area contributed by atoms with Gasteiger partial charge in [0.1, 0.15) is 0 Å². The SMILES string of the molecule is C/C=C(/C)C(=NSC)C(C)CCC. The van der Waals surface area contributed by atoms with Crippen molar-refractivity contribution in [3.05, 3.63) is 11.6 Å². The molecule has 0 aliphatic rings. The topological polar surface area (TPSA) is 12.4 Å². The molecule has 0 saturated heterocycles. The standard InChI is InChI=1S/C11H21NS/c1-6-8-10(4)11(12-13-5)9(3)7-2/h7,10H,6,8H2,1-5H3/b9-7-,12-11?. The molecular formula is C11H21NS. The minimum atomic E-state index is 0.591. The number of rotatable bonds is 5. The Bertz CT molecular complexity index is 194. The quantitative estimate of drug-likeness (QED) is 0.479. The fourth-order valence-corrected chi connectivity index (χ4v) is 1.89. The smallest absolute Gasteiger partial charge is 0.0540 e. The van der Waals surface area contributed by atoms with Crippen molar-refractivity contribution in [2.45, 2.75) is 40.5 Å². The lowest BCUT2D eigenvalue weighted by Gasteiger charge is -2.13. The summed E-state index contributed by atoms with van der Waals surface area (Å²) in [5, 5.41) is 0. The zero-order valence-corrected chi connectivity index (χ0v) is 10.2. The summed E-state index contributed by atoms with van der Waals surface area (Å²) in [6, 6.07) is 0. The van der Waals surface area contributed by atoms with Gasteiger partial charge in [0.05, 0.1) is 5.71 Å². The molecular weight excluding hydrogens is 178 g/mol. The average molecular weight is 199 g/mol. The molecule has 76 valence electrons. The van der Waals surface area contributed by atoms with Crippen molar-refractivity contribution in [1.29, 1.82) is 0 Å². The maximum Gasteiger partial charge on any atom is 0.0540 e. The van der Waals surface area contributed by atoms with Crippen LogP contribution in [0.15, 0.2) is 16.0 Å². The van der Waals surface area contributed by atoms with Crippen LogP contribution in [0.25, 0.3) is 0 Å². The van der Waals surface area contributed by atoms with Crippen LogP contribution < -0.4 is 0 Å². The van der Waals surface area contributed by atoms with Crippen LogP contribution in [0, 0.1) is 5.92 Å². The van der Waals surface area contributed by atoms with Crippen LogP contribution >= 0.6 is 11.9 Å². The Balaban J connectivity index is 4.51. The highest BCUT2D eigenvalue weighted by Crippen LogP contribution is 2.16. The number of hydrogen-bond acceptors (Lipinski definition) is 2. The molecule has 13 heavy (non-hydrogen) atoms. The van der Waals surface area contributed by atoms with E-state index in [4.69, 9.17) is 0 Å². The third kappa shape index (κ3) is 4.51. The predicted molar refractivity (Wildman–Crippen MR) is 64.5 cm³/mol. The predicted octanol–water partition coefficient (Wildman–Crippen LogP) is 4.11. The molecule has 1 nitrogen and oxygen atoms in total. The van der Waals surface area contributed by atoms with Crippen molar-refractivity contribution >= 4 is 17.7 Å². The molecule has 0 bridgehead atoms. The summed E-state index contributed by atoms with van der Waals surface area (Å²) in [7, 11) is 0. The molecule has 0 radical (unpaired) electrons. The second kappa shape index (κ2) is 7.19. The second-order valence-electron chi connectivity index (χ2n) is 3.32. The summed E-state index contributed by atoms with van der Waals surface area (Å²) in [5.41, 5.74) is 2.58. The fourth-order valence-electron chi connectivity index (χ4n) is 1.37. The van der Waals surface area contributed by atoms with Gasteiger partial charge in [-0.15, -0.1) is 0 Å². The van der Waals surface area contributed by atoms with Gasteiger partial charge >= 0.3 is 0 Å². The van der Waals surface area contributed by atoms with Crippen LogP contribution in [0.5, 0.6) is 0 Å². The van der Waals surface area contributed by atoms with Crippen molar-refractivity contribution < 1.29 is 0 Å². The van der Waals surface area contributed by atoms with E-state index in [9.17, 15) is 0 Å². The monoisotopic (exact) mass is 199 g/mol. The molecule has 0 fully saturated rings. The number of allylic oxidation sites excluding steroid dienone is 2. The van der Waals surface area contributed by atoms with E-state index in [0.717, 1.165) is 0 Å². The highest BCUT2D eigenvalue weighted by Gasteiger charge is 2.10. The first kappa shape index (κ1) is 12.8. The van der Waals surface area contributed by atoms with Crippen LogP contribution in [-0.2, 0) is 0 Å². The van der Waals surface area contributed by atoms with E-state index in [1.165, 1.54) is 24.1 Å². The van der Waals surface area contributed by atoms with Crippen molar-refractivity contribution in [3.8, 4) is 0 Å². The van der Waals surface area contributed by atoms with Gasteiger partial charge in [-0.2, -0.15) is 0 Å². The van der Waals surface area contributed by atoms with Crippen LogP contribution in [0.2, 0.25) is 0 Å². The van der Waals surface area contributed by atoms with Crippen molar-refractivity contribution in [2.24, 2.45) is 10.3 Å². The summed E-state index contributed by atoms with van der Waals surface area (Å²) >= 11 is 1.55. The van der Waals surface area contributed by atoms with Crippen LogP contribution in [0.4, 0.5) is 0 Å². The van der Waals surface area contributed by atoms with E-state index in [1.54, 1.807) is 11.9 Å². The maximum atomic E-state index is 4.48. The van der Waals surface area contributed by atoms with Gasteiger partial charge in [-0.05, 0) is 43.7 Å². The molecule has 0 heterocycles. The summed E-state index contributed by atoms with van der Waals surface area (Å²) in [4.78, 5) is 0. The highest BCUT2D eigenvalue weighted by atomic mass is 32.2. The minimum Gasteiger partial charge on any atom is -0.221 e. The summed E-state index contributed by atoms with van der Waals surface area (Å²) < 4.78 is 4.48. The van der Waals surface area contributed by atoms with Crippen molar-refractivity contribution in [3.63, 3.8) is 0 Å². The van der Waals surface area contributed by atoms with Gasteiger partial charge in [0.25, 0.3) is 0 Å². The molecule has 2 heteroatoms. The third-order valence-electron chi connectivity index (χ3n) is 2.22. The summed E-state index contributed by atoms with van der Waals surface area (Å²) in [6.07, 6.45) is 6.61. The maximum absolute atomic E-state index is 4.48.